The van der Waals surface area contributed by atoms with E-state index in [1.807, 2.05) is 74.5 Å². The molecule has 0 unspecified atom stereocenters. The molecular formula is C23H25N3O5. The smallest absolute Gasteiger partial charge is 0.191 e. The number of benzene rings is 2. The summed E-state index contributed by atoms with van der Waals surface area (Å²) in [7, 11) is 0. The van der Waals surface area contributed by atoms with E-state index in [-0.39, 0.29) is 6.54 Å². The summed E-state index contributed by atoms with van der Waals surface area (Å²) in [5.74, 6) is -0.0718. The topological polar surface area (TPSA) is 87.9 Å². The van der Waals surface area contributed by atoms with Gasteiger partial charge in [-0.3, -0.25) is 0 Å². The molecular weight excluding hydrogens is 398 g/mol. The fraction of sp³-hybridized carbons (Fsp3) is 0.391. The summed E-state index contributed by atoms with van der Waals surface area (Å²) in [6, 6.07) is 18.9. The second-order valence-electron chi connectivity index (χ2n) is 8.27. The van der Waals surface area contributed by atoms with Gasteiger partial charge in [0.2, 0.25) is 0 Å². The third-order valence-corrected chi connectivity index (χ3v) is 5.59. The Morgan fingerprint density at radius 3 is 2.48 bits per heavy atom. The number of fused-ring (bicyclic) bond motifs is 1. The van der Waals surface area contributed by atoms with Gasteiger partial charge in [-0.25, -0.2) is 4.68 Å². The average molecular weight is 423 g/mol. The van der Waals surface area contributed by atoms with Crippen LogP contribution in [0.5, 0.6) is 5.75 Å². The third-order valence-electron chi connectivity index (χ3n) is 5.59. The number of rotatable bonds is 6. The standard InChI is InChI=1S/C23H25N3O5/c1-22(2)30-20-21(31-22)29-19(23(20,27)16-9-5-3-6-10-16)14-26-13-17(24-25-26)15-28-18-11-7-4-8-12-18/h3-13,19-21,27H,14-15H2,1-2H3/t19-,20+,21-,23-/m1/s1. The van der Waals surface area contributed by atoms with Crippen LogP contribution in [0.4, 0.5) is 0 Å². The van der Waals surface area contributed by atoms with E-state index in [4.69, 9.17) is 18.9 Å². The Kier molecular flexibility index (Phi) is 5.02. The Bertz CT molecular complexity index is 1030. The molecule has 0 saturated carbocycles. The van der Waals surface area contributed by atoms with Gasteiger partial charge >= 0.3 is 0 Å². The van der Waals surface area contributed by atoms with Gasteiger partial charge in [-0.15, -0.1) is 5.10 Å². The molecule has 0 radical (unpaired) electrons. The van der Waals surface area contributed by atoms with Crippen molar-refractivity contribution in [1.29, 1.82) is 0 Å². The van der Waals surface area contributed by atoms with Gasteiger partial charge < -0.3 is 24.1 Å². The van der Waals surface area contributed by atoms with Crippen LogP contribution in [-0.2, 0) is 33.0 Å². The molecule has 1 aromatic heterocycles. The van der Waals surface area contributed by atoms with E-state index in [9.17, 15) is 5.11 Å². The predicted molar refractivity (Wildman–Crippen MR) is 110 cm³/mol. The highest BCUT2D eigenvalue weighted by atomic mass is 16.8. The van der Waals surface area contributed by atoms with Gasteiger partial charge in [0.25, 0.3) is 0 Å². The molecule has 2 fully saturated rings. The summed E-state index contributed by atoms with van der Waals surface area (Å²) in [6.45, 7) is 4.20. The van der Waals surface area contributed by atoms with Crippen molar-refractivity contribution in [3.63, 3.8) is 0 Å². The number of aliphatic hydroxyl groups is 1. The molecule has 8 heteroatoms. The molecule has 5 rings (SSSR count). The predicted octanol–water partition coefficient (Wildman–Crippen LogP) is 2.62. The molecule has 0 amide bonds. The molecule has 0 bridgehead atoms. The van der Waals surface area contributed by atoms with Crippen LogP contribution in [0.25, 0.3) is 0 Å². The highest BCUT2D eigenvalue weighted by Gasteiger charge is 2.63. The summed E-state index contributed by atoms with van der Waals surface area (Å²) in [5, 5.41) is 20.2. The molecule has 0 spiro atoms. The second-order valence-corrected chi connectivity index (χ2v) is 8.27. The molecule has 2 saturated heterocycles. The van der Waals surface area contributed by atoms with Gasteiger partial charge in [0.05, 0.1) is 12.7 Å². The lowest BCUT2D eigenvalue weighted by Crippen LogP contribution is -2.47. The van der Waals surface area contributed by atoms with Crippen molar-refractivity contribution in [3.05, 3.63) is 78.1 Å². The molecule has 0 aliphatic carbocycles. The third kappa shape index (κ3) is 3.83. The van der Waals surface area contributed by atoms with E-state index in [0.717, 1.165) is 5.75 Å². The van der Waals surface area contributed by atoms with Crippen molar-refractivity contribution in [2.24, 2.45) is 0 Å². The minimum Gasteiger partial charge on any atom is -0.487 e. The number of aromatic nitrogens is 3. The van der Waals surface area contributed by atoms with Crippen LogP contribution in [0.1, 0.15) is 25.1 Å². The number of para-hydroxylation sites is 1. The summed E-state index contributed by atoms with van der Waals surface area (Å²) in [6.07, 6.45) is -0.170. The summed E-state index contributed by atoms with van der Waals surface area (Å²) in [4.78, 5) is 0. The molecule has 4 atom stereocenters. The zero-order valence-corrected chi connectivity index (χ0v) is 17.4. The summed E-state index contributed by atoms with van der Waals surface area (Å²) in [5.41, 5.74) is -0.00715. The van der Waals surface area contributed by atoms with E-state index in [0.29, 0.717) is 17.9 Å². The molecule has 31 heavy (non-hydrogen) atoms. The molecule has 3 heterocycles. The molecule has 2 aliphatic heterocycles. The first kappa shape index (κ1) is 20.1. The van der Waals surface area contributed by atoms with Crippen LogP contribution < -0.4 is 4.74 Å². The van der Waals surface area contributed by atoms with Crippen molar-refractivity contribution >= 4 is 0 Å². The maximum Gasteiger partial charge on any atom is 0.191 e. The normalized spacial score (nSPS) is 29.1. The molecule has 8 nitrogen and oxygen atoms in total. The van der Waals surface area contributed by atoms with Gasteiger partial charge in [-0.1, -0.05) is 53.7 Å². The Morgan fingerprint density at radius 1 is 1.03 bits per heavy atom. The molecule has 3 aromatic rings. The zero-order valence-electron chi connectivity index (χ0n) is 17.4. The van der Waals surface area contributed by atoms with Gasteiger partial charge in [-0.05, 0) is 31.5 Å². The summed E-state index contributed by atoms with van der Waals surface area (Å²) < 4.78 is 25.4. The molecule has 1 N–H and O–H groups in total. The Hall–Kier alpha value is -2.78. The molecule has 2 aromatic carbocycles. The van der Waals surface area contributed by atoms with Gasteiger partial charge in [0.1, 0.15) is 35.9 Å². The Balaban J connectivity index is 1.34. The van der Waals surface area contributed by atoms with E-state index in [1.165, 1.54) is 0 Å². The minimum atomic E-state index is -1.40. The number of ether oxygens (including phenoxy) is 4. The van der Waals surface area contributed by atoms with Crippen LogP contribution in [0.3, 0.4) is 0 Å². The molecule has 162 valence electrons. The van der Waals surface area contributed by atoms with Gasteiger partial charge in [0, 0.05) is 0 Å². The van der Waals surface area contributed by atoms with E-state index in [1.54, 1.807) is 10.9 Å². The van der Waals surface area contributed by atoms with E-state index in [2.05, 4.69) is 10.3 Å². The monoisotopic (exact) mass is 423 g/mol. The van der Waals surface area contributed by atoms with Crippen molar-refractivity contribution in [2.45, 2.75) is 56.9 Å². The van der Waals surface area contributed by atoms with Crippen molar-refractivity contribution in [2.75, 3.05) is 0 Å². The SMILES string of the molecule is CC1(C)O[C@H]2O[C@H](Cn3cc(COc4ccccc4)nn3)[C@](O)(c3ccccc3)[C@H]2O1. The van der Waals surface area contributed by atoms with Crippen LogP contribution in [-0.4, -0.2) is 44.4 Å². The molecule has 2 aliphatic rings. The lowest BCUT2D eigenvalue weighted by atomic mass is 9.84. The second kappa shape index (κ2) is 7.72. The average Bonchev–Trinajstić information content (AvgIpc) is 3.42. The van der Waals surface area contributed by atoms with Gasteiger partial charge in [-0.2, -0.15) is 0 Å². The maximum atomic E-state index is 11.8. The first-order chi connectivity index (χ1) is 14.9. The van der Waals surface area contributed by atoms with Crippen molar-refractivity contribution in [3.8, 4) is 5.75 Å². The van der Waals surface area contributed by atoms with Crippen LogP contribution in [0.15, 0.2) is 66.9 Å². The fourth-order valence-electron chi connectivity index (χ4n) is 4.15. The lowest BCUT2D eigenvalue weighted by Gasteiger charge is -2.34. The number of hydrogen-bond donors (Lipinski definition) is 1. The highest BCUT2D eigenvalue weighted by molar-refractivity contribution is 5.28. The maximum absolute atomic E-state index is 11.8. The van der Waals surface area contributed by atoms with Crippen LogP contribution >= 0.6 is 0 Å². The highest BCUT2D eigenvalue weighted by Crippen LogP contribution is 2.48. The first-order valence-electron chi connectivity index (χ1n) is 10.3. The first-order valence-corrected chi connectivity index (χ1v) is 10.3. The Labute approximate surface area is 180 Å². The van der Waals surface area contributed by atoms with Crippen molar-refractivity contribution < 1.29 is 24.1 Å². The fourth-order valence-corrected chi connectivity index (χ4v) is 4.15. The summed E-state index contributed by atoms with van der Waals surface area (Å²) >= 11 is 0. The quantitative estimate of drug-likeness (QED) is 0.652. The van der Waals surface area contributed by atoms with E-state index < -0.39 is 29.9 Å². The number of hydrogen-bond acceptors (Lipinski definition) is 7. The number of nitrogens with zero attached hydrogens (tertiary/aromatic N) is 3. The zero-order chi connectivity index (χ0) is 21.5. The van der Waals surface area contributed by atoms with Crippen molar-refractivity contribution in [1.82, 2.24) is 15.0 Å². The van der Waals surface area contributed by atoms with Crippen LogP contribution in [0, 0.1) is 0 Å². The lowest BCUT2D eigenvalue weighted by molar-refractivity contribution is -0.233. The van der Waals surface area contributed by atoms with E-state index >= 15 is 0 Å². The Morgan fingerprint density at radius 2 is 1.74 bits per heavy atom. The largest absolute Gasteiger partial charge is 0.487 e. The van der Waals surface area contributed by atoms with Crippen LogP contribution in [0.2, 0.25) is 0 Å². The van der Waals surface area contributed by atoms with Gasteiger partial charge in [0.15, 0.2) is 12.1 Å². The minimum absolute atomic E-state index is 0.282.